The van der Waals surface area contributed by atoms with Crippen LogP contribution in [0.5, 0.6) is 0 Å². The van der Waals surface area contributed by atoms with E-state index in [-0.39, 0.29) is 18.1 Å². The number of hydrogen-bond acceptors (Lipinski definition) is 3. The summed E-state index contributed by atoms with van der Waals surface area (Å²) in [6.07, 6.45) is 5.17. The van der Waals surface area contributed by atoms with Gasteiger partial charge in [0.1, 0.15) is 11.6 Å². The molecule has 7 heteroatoms. The van der Waals surface area contributed by atoms with Crippen LogP contribution >= 0.6 is 11.6 Å². The van der Waals surface area contributed by atoms with E-state index in [2.05, 4.69) is 15.6 Å². The molecule has 5 nitrogen and oxygen atoms in total. The smallest absolute Gasteiger partial charge is 0.320 e. The van der Waals surface area contributed by atoms with Gasteiger partial charge in [0.15, 0.2) is 0 Å². The number of pyridine rings is 1. The molecule has 0 saturated heterocycles. The molecule has 1 heterocycles. The zero-order valence-corrected chi connectivity index (χ0v) is 14.4. The number of nitrogens with two attached hydrogens (primary N) is 1. The fourth-order valence-electron chi connectivity index (χ4n) is 2.99. The van der Waals surface area contributed by atoms with Crippen molar-refractivity contribution in [3.05, 3.63) is 47.4 Å². The number of amides is 2. The molecule has 0 spiro atoms. The van der Waals surface area contributed by atoms with Crippen molar-refractivity contribution in [2.75, 3.05) is 5.32 Å². The number of benzene rings is 1. The van der Waals surface area contributed by atoms with Crippen LogP contribution in [0, 0.1) is 5.82 Å². The Bertz CT molecular complexity index is 762. The third kappa shape index (κ3) is 4.67. The molecular formula is C18H20ClFN4O. The van der Waals surface area contributed by atoms with Gasteiger partial charge in [-0.3, -0.25) is 5.32 Å². The maximum atomic E-state index is 13.2. The largest absolute Gasteiger partial charge is 0.335 e. The van der Waals surface area contributed by atoms with E-state index in [0.717, 1.165) is 31.2 Å². The minimum atomic E-state index is -0.396. The highest BCUT2D eigenvalue weighted by molar-refractivity contribution is 6.33. The molecule has 0 radical (unpaired) electrons. The molecule has 2 aromatic rings. The fraction of sp³-hybridized carbons (Fsp3) is 0.333. The summed E-state index contributed by atoms with van der Waals surface area (Å²) in [6, 6.07) is 7.73. The van der Waals surface area contributed by atoms with E-state index in [1.807, 2.05) is 0 Å². The maximum absolute atomic E-state index is 13.2. The third-order valence-corrected chi connectivity index (χ3v) is 4.66. The zero-order chi connectivity index (χ0) is 17.8. The van der Waals surface area contributed by atoms with E-state index in [1.165, 1.54) is 12.1 Å². The van der Waals surface area contributed by atoms with Crippen molar-refractivity contribution in [3.63, 3.8) is 0 Å². The van der Waals surface area contributed by atoms with Gasteiger partial charge in [-0.2, -0.15) is 0 Å². The number of halogens is 2. The standard InChI is InChI=1S/C18H20ClFN4O/c19-16-10-12(20)1-6-15(16)11-7-8-22-17(9-11)24-18(25)23-14-4-2-13(21)3-5-14/h1,6-10,13-14H,2-5,21H2,(H2,22,23,24,25). The minimum absolute atomic E-state index is 0.134. The number of urea groups is 1. The molecule has 1 aromatic heterocycles. The molecule has 0 aliphatic heterocycles. The summed E-state index contributed by atoms with van der Waals surface area (Å²) < 4.78 is 13.2. The first-order valence-corrected chi connectivity index (χ1v) is 8.63. The Kier molecular flexibility index (Phi) is 5.50. The van der Waals surface area contributed by atoms with E-state index in [9.17, 15) is 9.18 Å². The van der Waals surface area contributed by atoms with E-state index < -0.39 is 5.82 Å². The Morgan fingerprint density at radius 2 is 1.96 bits per heavy atom. The lowest BCUT2D eigenvalue weighted by atomic mass is 9.92. The molecular weight excluding hydrogens is 343 g/mol. The van der Waals surface area contributed by atoms with Crippen LogP contribution in [0.25, 0.3) is 11.1 Å². The second kappa shape index (κ2) is 7.80. The number of carbonyl (C=O) groups excluding carboxylic acids is 1. The lowest BCUT2D eigenvalue weighted by molar-refractivity contribution is 0.242. The Hall–Kier alpha value is -2.18. The number of hydrogen-bond donors (Lipinski definition) is 3. The molecule has 2 amide bonds. The van der Waals surface area contributed by atoms with E-state index in [4.69, 9.17) is 17.3 Å². The molecule has 1 fully saturated rings. The first-order valence-electron chi connectivity index (χ1n) is 8.26. The number of anilines is 1. The van der Waals surface area contributed by atoms with Gasteiger partial charge >= 0.3 is 6.03 Å². The maximum Gasteiger partial charge on any atom is 0.320 e. The van der Waals surface area contributed by atoms with Crippen molar-refractivity contribution in [1.82, 2.24) is 10.3 Å². The summed E-state index contributed by atoms with van der Waals surface area (Å²) in [6.45, 7) is 0. The molecule has 0 atom stereocenters. The summed E-state index contributed by atoms with van der Waals surface area (Å²) in [5.41, 5.74) is 7.30. The molecule has 25 heavy (non-hydrogen) atoms. The summed E-state index contributed by atoms with van der Waals surface area (Å²) in [7, 11) is 0. The molecule has 1 aromatic carbocycles. The second-order valence-corrected chi connectivity index (χ2v) is 6.67. The van der Waals surface area contributed by atoms with E-state index in [1.54, 1.807) is 24.4 Å². The van der Waals surface area contributed by atoms with Gasteiger partial charge in [-0.05, 0) is 61.6 Å². The summed E-state index contributed by atoms with van der Waals surface area (Å²) in [5, 5.41) is 5.98. The van der Waals surface area contributed by atoms with E-state index in [0.29, 0.717) is 16.4 Å². The minimum Gasteiger partial charge on any atom is -0.335 e. The van der Waals surface area contributed by atoms with Gasteiger partial charge in [-0.15, -0.1) is 0 Å². The van der Waals surface area contributed by atoms with Crippen LogP contribution in [0.4, 0.5) is 15.0 Å². The van der Waals surface area contributed by atoms with Gasteiger partial charge in [0.05, 0.1) is 5.02 Å². The monoisotopic (exact) mass is 362 g/mol. The summed E-state index contributed by atoms with van der Waals surface area (Å²) in [4.78, 5) is 16.3. The van der Waals surface area contributed by atoms with Crippen LogP contribution < -0.4 is 16.4 Å². The van der Waals surface area contributed by atoms with Gasteiger partial charge in [0, 0.05) is 23.8 Å². The predicted molar refractivity (Wildman–Crippen MR) is 97.0 cm³/mol. The Morgan fingerprint density at radius 1 is 1.20 bits per heavy atom. The zero-order valence-electron chi connectivity index (χ0n) is 13.6. The number of carbonyl (C=O) groups is 1. The Morgan fingerprint density at radius 3 is 2.68 bits per heavy atom. The Labute approximate surface area is 150 Å². The van der Waals surface area contributed by atoms with Crippen LogP contribution in [-0.4, -0.2) is 23.1 Å². The van der Waals surface area contributed by atoms with Gasteiger partial charge in [-0.1, -0.05) is 11.6 Å². The Balaban J connectivity index is 1.66. The van der Waals surface area contributed by atoms with Gasteiger partial charge in [0.25, 0.3) is 0 Å². The second-order valence-electron chi connectivity index (χ2n) is 6.26. The normalized spacial score (nSPS) is 20.1. The average molecular weight is 363 g/mol. The van der Waals surface area contributed by atoms with Gasteiger partial charge < -0.3 is 11.1 Å². The van der Waals surface area contributed by atoms with Crippen LogP contribution in [0.15, 0.2) is 36.5 Å². The van der Waals surface area contributed by atoms with E-state index >= 15 is 0 Å². The van der Waals surface area contributed by atoms with Gasteiger partial charge in [-0.25, -0.2) is 14.2 Å². The molecule has 132 valence electrons. The quantitative estimate of drug-likeness (QED) is 0.773. The van der Waals surface area contributed by atoms with Crippen molar-refractivity contribution < 1.29 is 9.18 Å². The average Bonchev–Trinajstić information content (AvgIpc) is 2.57. The molecule has 0 unspecified atom stereocenters. The molecule has 1 aliphatic rings. The van der Waals surface area contributed by atoms with Crippen LogP contribution in [0.3, 0.4) is 0 Å². The van der Waals surface area contributed by atoms with Crippen molar-refractivity contribution in [1.29, 1.82) is 0 Å². The van der Waals surface area contributed by atoms with Crippen molar-refractivity contribution in [2.45, 2.75) is 37.8 Å². The summed E-state index contributed by atoms with van der Waals surface area (Å²) in [5.74, 6) is 0.00985. The summed E-state index contributed by atoms with van der Waals surface area (Å²) >= 11 is 6.09. The first-order chi connectivity index (χ1) is 12.0. The van der Waals surface area contributed by atoms with Crippen molar-refractivity contribution in [3.8, 4) is 11.1 Å². The number of aromatic nitrogens is 1. The number of nitrogens with one attached hydrogen (secondary N) is 2. The number of nitrogens with zero attached hydrogens (tertiary/aromatic N) is 1. The first kappa shape index (κ1) is 17.6. The fourth-order valence-corrected chi connectivity index (χ4v) is 3.27. The lowest BCUT2D eigenvalue weighted by Crippen LogP contribution is -2.42. The highest BCUT2D eigenvalue weighted by Gasteiger charge is 2.20. The molecule has 1 aliphatic carbocycles. The topological polar surface area (TPSA) is 80.0 Å². The lowest BCUT2D eigenvalue weighted by Gasteiger charge is -2.26. The molecule has 3 rings (SSSR count). The molecule has 4 N–H and O–H groups in total. The van der Waals surface area contributed by atoms with Crippen molar-refractivity contribution >= 4 is 23.4 Å². The SMILES string of the molecule is NC1CCC(NC(=O)Nc2cc(-c3ccc(F)cc3Cl)ccn2)CC1. The number of rotatable bonds is 3. The highest BCUT2D eigenvalue weighted by atomic mass is 35.5. The molecule has 0 bridgehead atoms. The third-order valence-electron chi connectivity index (χ3n) is 4.35. The highest BCUT2D eigenvalue weighted by Crippen LogP contribution is 2.29. The van der Waals surface area contributed by atoms with Crippen molar-refractivity contribution in [2.24, 2.45) is 5.73 Å². The van der Waals surface area contributed by atoms with Gasteiger partial charge in [0.2, 0.25) is 0 Å². The molecule has 1 saturated carbocycles. The van der Waals surface area contributed by atoms with Crippen LogP contribution in [0.2, 0.25) is 5.02 Å². The van der Waals surface area contributed by atoms with Crippen LogP contribution in [0.1, 0.15) is 25.7 Å². The van der Waals surface area contributed by atoms with Crippen LogP contribution in [-0.2, 0) is 0 Å². The predicted octanol–water partition coefficient (Wildman–Crippen LogP) is 3.93.